The van der Waals surface area contributed by atoms with Crippen LogP contribution in [0.2, 0.25) is 0 Å². The highest BCUT2D eigenvalue weighted by Crippen LogP contribution is 2.41. The first-order valence-corrected chi connectivity index (χ1v) is 20.6. The van der Waals surface area contributed by atoms with Gasteiger partial charge in [0.25, 0.3) is 0 Å². The van der Waals surface area contributed by atoms with Gasteiger partial charge in [-0.15, -0.1) is 11.8 Å². The summed E-state index contributed by atoms with van der Waals surface area (Å²) >= 11 is 1.04. The summed E-state index contributed by atoms with van der Waals surface area (Å²) in [6.45, 7) is 4.75. The number of carboxylic acids is 2. The molecule has 0 saturated carbocycles. The molecule has 0 bridgehead atoms. The lowest BCUT2D eigenvalue weighted by Gasteiger charge is -2.41. The maximum Gasteiger partial charge on any atom is 0.490 e. The Morgan fingerprint density at radius 3 is 2.17 bits per heavy atom. The summed E-state index contributed by atoms with van der Waals surface area (Å²) < 4.78 is 62.9. The number of halogens is 5. The van der Waals surface area contributed by atoms with E-state index in [0.717, 1.165) is 35.5 Å². The lowest BCUT2D eigenvalue weighted by molar-refractivity contribution is -0.192. The lowest BCUT2D eigenvalue weighted by Crippen LogP contribution is -2.51. The Morgan fingerprint density at radius 1 is 0.953 bits per heavy atom. The van der Waals surface area contributed by atoms with Crippen molar-refractivity contribution in [2.75, 3.05) is 38.5 Å². The van der Waals surface area contributed by atoms with Crippen molar-refractivity contribution >= 4 is 53.2 Å². The average Bonchev–Trinajstić information content (AvgIpc) is 3.62. The average molecular weight is 928 g/mol. The Labute approximate surface area is 368 Å². The molecule has 1 aromatic heterocycles. The molecule has 1 unspecified atom stereocenters. The molecular weight excluding hydrogens is 878 g/mol. The molecule has 5 amide bonds. The third kappa shape index (κ3) is 15.9. The zero-order valence-electron chi connectivity index (χ0n) is 34.9. The van der Waals surface area contributed by atoms with Crippen molar-refractivity contribution in [3.05, 3.63) is 83.7 Å². The topological polar surface area (TPSA) is 262 Å². The SMILES string of the molecule is CC(C)(C)[C@H](c1cc(-c2cc(F)ccc2F)cn1Cc1ccccc1)N(CC[C@H](N)C(=O)NCCNC(=O)CNC(=O)CC1SC[C@@H](C(=O)O)NC1=O)C(=O)CO.O=C(O)C(F)(F)F. The first kappa shape index (κ1) is 52.3. The van der Waals surface area contributed by atoms with Crippen molar-refractivity contribution in [1.82, 2.24) is 30.7 Å². The van der Waals surface area contributed by atoms with Crippen molar-refractivity contribution in [2.24, 2.45) is 11.1 Å². The number of alkyl halides is 3. The lowest BCUT2D eigenvalue weighted by atomic mass is 9.82. The first-order valence-electron chi connectivity index (χ1n) is 19.5. The van der Waals surface area contributed by atoms with E-state index in [4.69, 9.17) is 20.7 Å². The smallest absolute Gasteiger partial charge is 0.480 e. The number of aliphatic hydroxyl groups is 1. The van der Waals surface area contributed by atoms with E-state index < -0.39 is 94.7 Å². The quantitative estimate of drug-likeness (QED) is 0.0675. The van der Waals surface area contributed by atoms with Crippen LogP contribution in [0.1, 0.15) is 50.9 Å². The Balaban J connectivity index is 0.00000143. The van der Waals surface area contributed by atoms with Gasteiger partial charge < -0.3 is 51.8 Å². The molecule has 9 N–H and O–H groups in total. The fraction of sp³-hybridized carbons (Fsp3) is 0.439. The molecule has 1 aliphatic rings. The van der Waals surface area contributed by atoms with E-state index in [-0.39, 0.29) is 50.3 Å². The standard InChI is InChI=1S/C39H49F2N7O8S.C2HF3O2/c1-39(2,3)35(30-15-24(26-16-25(40)9-10-27(26)41)20-47(30)19-23-7-5-4-6-8-23)48(34(52)21-49)14-11-28(42)36(53)44-13-12-43-33(51)18-45-32(50)17-31-37(54)46-29(22-57-31)38(55)56;3-2(4,5)1(6)7/h4-10,15-16,20,28-29,31,35,49H,11-14,17-19,21-22,42H2,1-3H3,(H,43,51)(H,44,53)(H,45,50)(H,46,54)(H,55,56);(H,6,7)/t28-,29-,31?,35-;/m0./s1. The van der Waals surface area contributed by atoms with Crippen LogP contribution in [0.5, 0.6) is 0 Å². The maximum absolute atomic E-state index is 15.0. The molecule has 17 nitrogen and oxygen atoms in total. The number of amides is 5. The number of nitrogens with zero attached hydrogens (tertiary/aromatic N) is 2. The first-order chi connectivity index (χ1) is 29.9. The minimum absolute atomic E-state index is 0.00150. The van der Waals surface area contributed by atoms with Gasteiger partial charge in [0, 0.05) is 61.4 Å². The summed E-state index contributed by atoms with van der Waals surface area (Å²) in [6.07, 6.45) is -3.64. The number of hydrogen-bond acceptors (Lipinski definition) is 10. The zero-order chi connectivity index (χ0) is 47.9. The van der Waals surface area contributed by atoms with Crippen molar-refractivity contribution in [2.45, 2.75) is 69.7 Å². The van der Waals surface area contributed by atoms with Gasteiger partial charge in [-0.05, 0) is 41.7 Å². The minimum Gasteiger partial charge on any atom is -0.480 e. The maximum atomic E-state index is 15.0. The highest BCUT2D eigenvalue weighted by Gasteiger charge is 2.39. The fourth-order valence-corrected chi connectivity index (χ4v) is 7.53. The molecule has 2 aromatic carbocycles. The Morgan fingerprint density at radius 2 is 1.59 bits per heavy atom. The fourth-order valence-electron chi connectivity index (χ4n) is 6.39. The summed E-state index contributed by atoms with van der Waals surface area (Å²) in [5.74, 6) is -7.95. The molecule has 1 saturated heterocycles. The number of aliphatic carboxylic acids is 2. The summed E-state index contributed by atoms with van der Waals surface area (Å²) in [5.41, 5.74) is 7.50. The van der Waals surface area contributed by atoms with Gasteiger partial charge in [-0.3, -0.25) is 24.0 Å². The molecular formula is C41H50F5N7O10S. The van der Waals surface area contributed by atoms with E-state index >= 15 is 4.39 Å². The number of hydrogen-bond donors (Lipinski definition) is 8. The zero-order valence-corrected chi connectivity index (χ0v) is 35.7. The molecule has 1 aliphatic heterocycles. The molecule has 64 heavy (non-hydrogen) atoms. The summed E-state index contributed by atoms with van der Waals surface area (Å²) in [5, 5.41) is 35.3. The number of rotatable bonds is 18. The summed E-state index contributed by atoms with van der Waals surface area (Å²) in [7, 11) is 0. The van der Waals surface area contributed by atoms with E-state index in [2.05, 4.69) is 21.3 Å². The molecule has 350 valence electrons. The predicted octanol–water partition coefficient (Wildman–Crippen LogP) is 2.16. The number of benzene rings is 2. The van der Waals surface area contributed by atoms with Gasteiger partial charge in [0.05, 0.1) is 23.9 Å². The van der Waals surface area contributed by atoms with Gasteiger partial charge in [0.15, 0.2) is 0 Å². The van der Waals surface area contributed by atoms with Gasteiger partial charge in [-0.25, -0.2) is 18.4 Å². The largest absolute Gasteiger partial charge is 0.490 e. The number of carboxylic acid groups (broad SMARTS) is 2. The van der Waals surface area contributed by atoms with E-state index in [1.807, 2.05) is 55.7 Å². The second kappa shape index (κ2) is 23.6. The Hall–Kier alpha value is -6.07. The number of carbonyl (C=O) groups excluding carboxylic acids is 5. The van der Waals surface area contributed by atoms with Crippen molar-refractivity contribution < 1.29 is 70.8 Å². The number of aliphatic hydroxyl groups excluding tert-OH is 1. The van der Waals surface area contributed by atoms with Gasteiger partial charge in [0.2, 0.25) is 29.5 Å². The van der Waals surface area contributed by atoms with Crippen LogP contribution < -0.4 is 27.0 Å². The Bertz CT molecular complexity index is 2140. The van der Waals surface area contributed by atoms with Crippen LogP contribution in [0.25, 0.3) is 11.1 Å². The number of nitrogens with one attached hydrogen (secondary N) is 4. The van der Waals surface area contributed by atoms with Crippen LogP contribution in [0.3, 0.4) is 0 Å². The molecule has 23 heteroatoms. The third-order valence-electron chi connectivity index (χ3n) is 9.43. The molecule has 3 aromatic rings. The second-order valence-electron chi connectivity index (χ2n) is 15.4. The van der Waals surface area contributed by atoms with Crippen LogP contribution >= 0.6 is 11.8 Å². The van der Waals surface area contributed by atoms with Crippen molar-refractivity contribution in [3.63, 3.8) is 0 Å². The van der Waals surface area contributed by atoms with E-state index in [0.29, 0.717) is 17.8 Å². The number of carbonyl (C=O) groups is 7. The highest BCUT2D eigenvalue weighted by molar-refractivity contribution is 8.00. The van der Waals surface area contributed by atoms with Crippen molar-refractivity contribution in [3.8, 4) is 11.1 Å². The van der Waals surface area contributed by atoms with E-state index in [1.165, 1.54) is 4.90 Å². The molecule has 4 atom stereocenters. The van der Waals surface area contributed by atoms with E-state index in [9.17, 15) is 51.4 Å². The van der Waals surface area contributed by atoms with Gasteiger partial charge in [-0.1, -0.05) is 51.1 Å². The molecule has 2 heterocycles. The van der Waals surface area contributed by atoms with Crippen LogP contribution in [-0.4, -0.2) is 128 Å². The van der Waals surface area contributed by atoms with Gasteiger partial charge in [0.1, 0.15) is 24.3 Å². The third-order valence-corrected chi connectivity index (χ3v) is 10.7. The van der Waals surface area contributed by atoms with Gasteiger partial charge in [-0.2, -0.15) is 13.2 Å². The van der Waals surface area contributed by atoms with Crippen LogP contribution in [0.4, 0.5) is 22.0 Å². The Kier molecular flexibility index (Phi) is 19.2. The monoisotopic (exact) mass is 927 g/mol. The van der Waals surface area contributed by atoms with Crippen molar-refractivity contribution in [1.29, 1.82) is 0 Å². The predicted molar refractivity (Wildman–Crippen MR) is 222 cm³/mol. The second-order valence-corrected chi connectivity index (χ2v) is 16.7. The number of aromatic nitrogens is 1. The van der Waals surface area contributed by atoms with Crippen LogP contribution in [-0.2, 0) is 40.1 Å². The summed E-state index contributed by atoms with van der Waals surface area (Å²) in [4.78, 5) is 84.4. The minimum atomic E-state index is -5.08. The normalized spacial score (nSPS) is 15.9. The molecule has 1 fully saturated rings. The molecule has 0 aliphatic carbocycles. The molecule has 0 radical (unpaired) electrons. The summed E-state index contributed by atoms with van der Waals surface area (Å²) in [6, 6.07) is 11.5. The van der Waals surface area contributed by atoms with Gasteiger partial charge >= 0.3 is 18.1 Å². The molecule has 0 spiro atoms. The number of nitrogens with two attached hydrogens (primary N) is 1. The number of thioether (sulfide) groups is 1. The molecule has 4 rings (SSSR count). The van der Waals surface area contributed by atoms with Crippen LogP contribution in [0.15, 0.2) is 60.8 Å². The van der Waals surface area contributed by atoms with Crippen LogP contribution in [0, 0.1) is 17.0 Å². The highest BCUT2D eigenvalue weighted by atomic mass is 32.2. The van der Waals surface area contributed by atoms with E-state index in [1.54, 1.807) is 12.3 Å².